The minimum absolute atomic E-state index is 0.0261. The van der Waals surface area contributed by atoms with E-state index in [0.717, 1.165) is 62.7 Å². The molecule has 6 rings (SSSR count). The topological polar surface area (TPSA) is 64.1 Å². The van der Waals surface area contributed by atoms with Crippen LogP contribution in [-0.2, 0) is 4.79 Å². The van der Waals surface area contributed by atoms with Crippen LogP contribution in [0, 0.1) is 23.2 Å². The maximum atomic E-state index is 13.2. The number of amides is 1. The van der Waals surface area contributed by atoms with Crippen molar-refractivity contribution in [1.82, 2.24) is 15.3 Å². The average Bonchev–Trinajstić information content (AvgIpc) is 2.63. The number of nitrogens with one attached hydrogen (secondary N) is 1. The number of carbonyl (C=O) groups excluding carboxylic acids is 1. The van der Waals surface area contributed by atoms with E-state index >= 15 is 0 Å². The highest BCUT2D eigenvalue weighted by Crippen LogP contribution is 2.60. The zero-order chi connectivity index (χ0) is 17.6. The van der Waals surface area contributed by atoms with E-state index in [1.165, 1.54) is 19.3 Å². The van der Waals surface area contributed by atoms with E-state index in [4.69, 9.17) is 4.74 Å². The summed E-state index contributed by atoms with van der Waals surface area (Å²) in [6.45, 7) is 0. The predicted octanol–water partition coefficient (Wildman–Crippen LogP) is 3.50. The molecule has 1 amide bonds. The molecule has 0 spiro atoms. The Balaban J connectivity index is 1.15. The largest absolute Gasteiger partial charge is 0.473 e. The lowest BCUT2D eigenvalue weighted by atomic mass is 9.49. The zero-order valence-electron chi connectivity index (χ0n) is 15.4. The van der Waals surface area contributed by atoms with Crippen LogP contribution >= 0.6 is 0 Å². The van der Waals surface area contributed by atoms with Crippen molar-refractivity contribution in [2.75, 3.05) is 0 Å². The lowest BCUT2D eigenvalue weighted by Crippen LogP contribution is -2.55. The number of rotatable bonds is 4. The Morgan fingerprint density at radius 3 is 2.23 bits per heavy atom. The van der Waals surface area contributed by atoms with Gasteiger partial charge in [-0.25, -0.2) is 4.98 Å². The van der Waals surface area contributed by atoms with Crippen molar-refractivity contribution in [1.29, 1.82) is 0 Å². The lowest BCUT2D eigenvalue weighted by Gasteiger charge is -2.56. The number of carbonyl (C=O) groups is 1. The maximum absolute atomic E-state index is 13.2. The van der Waals surface area contributed by atoms with Gasteiger partial charge in [0.25, 0.3) is 0 Å². The number of hydrogen-bond acceptors (Lipinski definition) is 4. The molecule has 1 N–H and O–H groups in total. The quantitative estimate of drug-likeness (QED) is 0.898. The summed E-state index contributed by atoms with van der Waals surface area (Å²) in [6, 6.07) is 0.317. The van der Waals surface area contributed by atoms with Gasteiger partial charge >= 0.3 is 0 Å². The SMILES string of the molecule is O=C(NC1CCC(Oc2cnccn2)CC1)C12CC3CC(CC(C3)C1)C2. The monoisotopic (exact) mass is 355 g/mol. The zero-order valence-corrected chi connectivity index (χ0v) is 15.4. The van der Waals surface area contributed by atoms with Crippen molar-refractivity contribution in [3.8, 4) is 5.88 Å². The summed E-state index contributed by atoms with van der Waals surface area (Å²) in [6.07, 6.45) is 16.7. The van der Waals surface area contributed by atoms with Gasteiger partial charge in [0.1, 0.15) is 6.10 Å². The Morgan fingerprint density at radius 2 is 1.65 bits per heavy atom. The molecular formula is C21H29N3O2. The number of hydrogen-bond donors (Lipinski definition) is 1. The summed E-state index contributed by atoms with van der Waals surface area (Å²) in [5.41, 5.74) is -0.0261. The van der Waals surface area contributed by atoms with Crippen molar-refractivity contribution in [3.05, 3.63) is 18.6 Å². The Kier molecular flexibility index (Phi) is 4.13. The van der Waals surface area contributed by atoms with Crippen LogP contribution in [-0.4, -0.2) is 28.0 Å². The smallest absolute Gasteiger partial charge is 0.232 e. The van der Waals surface area contributed by atoms with Crippen LogP contribution in [0.5, 0.6) is 5.88 Å². The highest BCUT2D eigenvalue weighted by Gasteiger charge is 2.54. The van der Waals surface area contributed by atoms with E-state index < -0.39 is 0 Å². The highest BCUT2D eigenvalue weighted by molar-refractivity contribution is 5.83. The Bertz CT molecular complexity index is 619. The van der Waals surface area contributed by atoms with Crippen molar-refractivity contribution in [2.45, 2.75) is 76.4 Å². The third-order valence-electron chi connectivity index (χ3n) is 7.36. The van der Waals surface area contributed by atoms with Gasteiger partial charge in [0, 0.05) is 23.9 Å². The molecule has 5 aliphatic carbocycles. The molecule has 1 heterocycles. The summed E-state index contributed by atoms with van der Waals surface area (Å²) in [5.74, 6) is 3.44. The van der Waals surface area contributed by atoms with Crippen LogP contribution in [0.2, 0.25) is 0 Å². The molecule has 4 bridgehead atoms. The van der Waals surface area contributed by atoms with Gasteiger partial charge in [0.2, 0.25) is 11.8 Å². The van der Waals surface area contributed by atoms with Crippen LogP contribution in [0.25, 0.3) is 0 Å². The second-order valence-corrected chi connectivity index (χ2v) is 9.31. The second kappa shape index (κ2) is 6.50. The van der Waals surface area contributed by atoms with Gasteiger partial charge in [-0.05, 0) is 82.0 Å². The van der Waals surface area contributed by atoms with Crippen molar-refractivity contribution >= 4 is 5.91 Å². The molecule has 1 aromatic heterocycles. The standard InChI is InChI=1S/C21H29N3O2/c25-20(21-10-14-7-15(11-21)9-16(8-14)12-21)24-17-1-3-18(4-2-17)26-19-13-22-5-6-23-19/h5-6,13-18H,1-4,7-12H2,(H,24,25). The Labute approximate surface area is 155 Å². The van der Waals surface area contributed by atoms with Gasteiger partial charge in [0.05, 0.1) is 6.20 Å². The first-order chi connectivity index (χ1) is 12.7. The van der Waals surface area contributed by atoms with Gasteiger partial charge in [-0.3, -0.25) is 9.78 Å². The Morgan fingerprint density at radius 1 is 1.00 bits per heavy atom. The van der Waals surface area contributed by atoms with Crippen LogP contribution in [0.1, 0.15) is 64.2 Å². The van der Waals surface area contributed by atoms with Crippen molar-refractivity contribution < 1.29 is 9.53 Å². The molecule has 5 nitrogen and oxygen atoms in total. The molecule has 5 saturated carbocycles. The predicted molar refractivity (Wildman–Crippen MR) is 97.5 cm³/mol. The van der Waals surface area contributed by atoms with Crippen LogP contribution in [0.15, 0.2) is 18.6 Å². The molecule has 1 aromatic rings. The lowest BCUT2D eigenvalue weighted by molar-refractivity contribution is -0.147. The molecule has 5 aliphatic rings. The third kappa shape index (κ3) is 3.10. The molecule has 140 valence electrons. The fourth-order valence-corrected chi connectivity index (χ4v) is 6.57. The van der Waals surface area contributed by atoms with Crippen molar-refractivity contribution in [2.24, 2.45) is 23.2 Å². The fraction of sp³-hybridized carbons (Fsp3) is 0.762. The van der Waals surface area contributed by atoms with Gasteiger partial charge < -0.3 is 10.1 Å². The highest BCUT2D eigenvalue weighted by atomic mass is 16.5. The van der Waals surface area contributed by atoms with Gasteiger partial charge in [0.15, 0.2) is 0 Å². The molecule has 0 unspecified atom stereocenters. The van der Waals surface area contributed by atoms with E-state index in [2.05, 4.69) is 15.3 Å². The molecule has 0 aromatic carbocycles. The van der Waals surface area contributed by atoms with E-state index in [0.29, 0.717) is 17.8 Å². The summed E-state index contributed by atoms with van der Waals surface area (Å²) in [5, 5.41) is 3.44. The van der Waals surface area contributed by atoms with Crippen molar-refractivity contribution in [3.63, 3.8) is 0 Å². The number of nitrogens with zero attached hydrogens (tertiary/aromatic N) is 2. The first-order valence-electron chi connectivity index (χ1n) is 10.4. The van der Waals surface area contributed by atoms with E-state index in [-0.39, 0.29) is 11.5 Å². The minimum Gasteiger partial charge on any atom is -0.473 e. The van der Waals surface area contributed by atoms with Crippen LogP contribution in [0.4, 0.5) is 0 Å². The average molecular weight is 355 g/mol. The molecule has 5 fully saturated rings. The molecule has 5 heteroatoms. The molecule has 0 aliphatic heterocycles. The van der Waals surface area contributed by atoms with Gasteiger partial charge in [-0.2, -0.15) is 0 Å². The molecule has 0 saturated heterocycles. The molecular weight excluding hydrogens is 326 g/mol. The van der Waals surface area contributed by atoms with E-state index in [1.807, 2.05) is 0 Å². The van der Waals surface area contributed by atoms with E-state index in [9.17, 15) is 4.79 Å². The first kappa shape index (κ1) is 16.5. The fourth-order valence-electron chi connectivity index (χ4n) is 6.57. The number of ether oxygens (including phenoxy) is 1. The van der Waals surface area contributed by atoms with E-state index in [1.54, 1.807) is 18.6 Å². The Hall–Kier alpha value is -1.65. The summed E-state index contributed by atoms with van der Waals surface area (Å²) < 4.78 is 5.92. The van der Waals surface area contributed by atoms with Gasteiger partial charge in [-0.15, -0.1) is 0 Å². The number of aromatic nitrogens is 2. The minimum atomic E-state index is -0.0261. The summed E-state index contributed by atoms with van der Waals surface area (Å²) >= 11 is 0. The van der Waals surface area contributed by atoms with Gasteiger partial charge in [-0.1, -0.05) is 0 Å². The van der Waals surface area contributed by atoms with Crippen LogP contribution in [0.3, 0.4) is 0 Å². The summed E-state index contributed by atoms with van der Waals surface area (Å²) in [7, 11) is 0. The normalized spacial score (nSPS) is 41.0. The second-order valence-electron chi connectivity index (χ2n) is 9.31. The van der Waals surface area contributed by atoms with Crippen LogP contribution < -0.4 is 10.1 Å². The first-order valence-corrected chi connectivity index (χ1v) is 10.4. The maximum Gasteiger partial charge on any atom is 0.232 e. The molecule has 26 heavy (non-hydrogen) atoms. The molecule has 0 radical (unpaired) electrons. The third-order valence-corrected chi connectivity index (χ3v) is 7.36. The molecule has 0 atom stereocenters. The summed E-state index contributed by atoms with van der Waals surface area (Å²) in [4.78, 5) is 21.4.